The molecule has 0 aliphatic rings. The zero-order valence-electron chi connectivity index (χ0n) is 15.7. The summed E-state index contributed by atoms with van der Waals surface area (Å²) in [7, 11) is 0. The Labute approximate surface area is 173 Å². The van der Waals surface area contributed by atoms with E-state index in [4.69, 9.17) is 4.74 Å². The van der Waals surface area contributed by atoms with Crippen molar-refractivity contribution in [3.05, 3.63) is 99.6 Å². The standard InChI is InChI=1S/C21H14F3N3O4/c22-21(23,24)15-6-4-5-14(11-15)13-25-26-20(28)18-12-16(27(29)30)9-10-19(18)31-17-7-2-1-3-8-17/h1-13H,(H,26,28). The van der Waals surface area contributed by atoms with E-state index < -0.39 is 22.6 Å². The van der Waals surface area contributed by atoms with Crippen LogP contribution in [-0.2, 0) is 6.18 Å². The zero-order valence-corrected chi connectivity index (χ0v) is 15.7. The van der Waals surface area contributed by atoms with Crippen LogP contribution >= 0.6 is 0 Å². The Morgan fingerprint density at radius 2 is 1.77 bits per heavy atom. The van der Waals surface area contributed by atoms with Gasteiger partial charge in [0, 0.05) is 12.1 Å². The highest BCUT2D eigenvalue weighted by molar-refractivity contribution is 5.98. The van der Waals surface area contributed by atoms with Gasteiger partial charge >= 0.3 is 6.18 Å². The number of rotatable bonds is 6. The number of alkyl halides is 3. The number of ether oxygens (including phenoxy) is 1. The first-order valence-corrected chi connectivity index (χ1v) is 8.76. The van der Waals surface area contributed by atoms with Crippen LogP contribution < -0.4 is 10.2 Å². The fourth-order valence-corrected chi connectivity index (χ4v) is 2.53. The lowest BCUT2D eigenvalue weighted by Gasteiger charge is -2.10. The van der Waals surface area contributed by atoms with Gasteiger partial charge in [-0.15, -0.1) is 0 Å². The molecule has 0 aromatic heterocycles. The van der Waals surface area contributed by atoms with Gasteiger partial charge in [0.15, 0.2) is 0 Å². The van der Waals surface area contributed by atoms with Gasteiger partial charge in [-0.3, -0.25) is 14.9 Å². The molecule has 1 N–H and O–H groups in total. The monoisotopic (exact) mass is 429 g/mol. The quantitative estimate of drug-likeness (QED) is 0.332. The van der Waals surface area contributed by atoms with E-state index in [1.54, 1.807) is 30.3 Å². The molecule has 0 unspecified atom stereocenters. The second kappa shape index (κ2) is 9.08. The number of nitrogens with one attached hydrogen (secondary N) is 1. The van der Waals surface area contributed by atoms with Crippen LogP contribution in [0.5, 0.6) is 11.5 Å². The Balaban J connectivity index is 1.82. The van der Waals surface area contributed by atoms with Crippen LogP contribution in [0.4, 0.5) is 18.9 Å². The summed E-state index contributed by atoms with van der Waals surface area (Å²) in [5, 5.41) is 14.7. The summed E-state index contributed by atoms with van der Waals surface area (Å²) in [5.41, 5.74) is 0.882. The van der Waals surface area contributed by atoms with Gasteiger partial charge in [0.1, 0.15) is 11.5 Å². The number of nitrogens with zero attached hydrogens (tertiary/aromatic N) is 2. The van der Waals surface area contributed by atoms with E-state index >= 15 is 0 Å². The number of nitro groups is 1. The molecule has 31 heavy (non-hydrogen) atoms. The van der Waals surface area contributed by atoms with Crippen molar-refractivity contribution in [3.63, 3.8) is 0 Å². The summed E-state index contributed by atoms with van der Waals surface area (Å²) in [6.45, 7) is 0. The molecule has 7 nitrogen and oxygen atoms in total. The number of hydrogen-bond donors (Lipinski definition) is 1. The van der Waals surface area contributed by atoms with Crippen molar-refractivity contribution in [1.29, 1.82) is 0 Å². The fourth-order valence-electron chi connectivity index (χ4n) is 2.53. The van der Waals surface area contributed by atoms with Gasteiger partial charge in [-0.25, -0.2) is 5.43 Å². The predicted octanol–water partition coefficient (Wildman–Crippen LogP) is 5.17. The molecule has 3 rings (SSSR count). The van der Waals surface area contributed by atoms with Gasteiger partial charge in [-0.2, -0.15) is 18.3 Å². The van der Waals surface area contributed by atoms with E-state index in [1.165, 1.54) is 24.3 Å². The number of amides is 1. The van der Waals surface area contributed by atoms with E-state index in [0.717, 1.165) is 24.4 Å². The molecule has 10 heteroatoms. The highest BCUT2D eigenvalue weighted by Gasteiger charge is 2.30. The highest BCUT2D eigenvalue weighted by atomic mass is 19.4. The van der Waals surface area contributed by atoms with Gasteiger partial charge in [0.2, 0.25) is 0 Å². The Hall–Kier alpha value is -4.21. The predicted molar refractivity (Wildman–Crippen MR) is 106 cm³/mol. The minimum Gasteiger partial charge on any atom is -0.457 e. The van der Waals surface area contributed by atoms with Gasteiger partial charge in [-0.05, 0) is 35.9 Å². The molecule has 1 amide bonds. The number of nitro benzene ring substituents is 1. The number of para-hydroxylation sites is 1. The number of carbonyl (C=O) groups excluding carboxylic acids is 1. The fraction of sp³-hybridized carbons (Fsp3) is 0.0476. The van der Waals surface area contributed by atoms with E-state index in [-0.39, 0.29) is 22.6 Å². The van der Waals surface area contributed by atoms with Crippen LogP contribution in [0.2, 0.25) is 0 Å². The summed E-state index contributed by atoms with van der Waals surface area (Å²) < 4.78 is 44.0. The number of benzene rings is 3. The van der Waals surface area contributed by atoms with Gasteiger partial charge in [0.05, 0.1) is 22.3 Å². The van der Waals surface area contributed by atoms with E-state index in [0.29, 0.717) is 5.75 Å². The molecule has 3 aromatic carbocycles. The van der Waals surface area contributed by atoms with Crippen LogP contribution in [0.15, 0.2) is 77.9 Å². The molecule has 0 bridgehead atoms. The van der Waals surface area contributed by atoms with Crippen molar-refractivity contribution in [3.8, 4) is 11.5 Å². The van der Waals surface area contributed by atoms with Crippen molar-refractivity contribution < 1.29 is 27.6 Å². The lowest BCUT2D eigenvalue weighted by atomic mass is 10.1. The SMILES string of the molecule is O=C(NN=Cc1cccc(C(F)(F)F)c1)c1cc([N+](=O)[O-])ccc1Oc1ccccc1. The van der Waals surface area contributed by atoms with E-state index in [1.807, 2.05) is 0 Å². The van der Waals surface area contributed by atoms with E-state index in [2.05, 4.69) is 10.5 Å². The van der Waals surface area contributed by atoms with Crippen molar-refractivity contribution in [2.75, 3.05) is 0 Å². The van der Waals surface area contributed by atoms with Crippen molar-refractivity contribution in [2.45, 2.75) is 6.18 Å². The second-order valence-corrected chi connectivity index (χ2v) is 6.18. The van der Waals surface area contributed by atoms with Gasteiger partial charge in [-0.1, -0.05) is 30.3 Å². The molecular weight excluding hydrogens is 415 g/mol. The Morgan fingerprint density at radius 1 is 1.03 bits per heavy atom. The molecular formula is C21H14F3N3O4. The molecule has 0 aliphatic carbocycles. The summed E-state index contributed by atoms with van der Waals surface area (Å²) >= 11 is 0. The normalized spacial score (nSPS) is 11.3. The second-order valence-electron chi connectivity index (χ2n) is 6.18. The zero-order chi connectivity index (χ0) is 22.4. The molecule has 0 heterocycles. The number of halogens is 3. The number of hydrogen-bond acceptors (Lipinski definition) is 5. The van der Waals surface area contributed by atoms with Crippen LogP contribution in [0, 0.1) is 10.1 Å². The first-order chi connectivity index (χ1) is 14.7. The maximum absolute atomic E-state index is 12.8. The smallest absolute Gasteiger partial charge is 0.416 e. The maximum atomic E-state index is 12.8. The summed E-state index contributed by atoms with van der Waals surface area (Å²) in [6, 6.07) is 16.3. The van der Waals surface area contributed by atoms with Crippen molar-refractivity contribution in [2.24, 2.45) is 5.10 Å². The van der Waals surface area contributed by atoms with Crippen molar-refractivity contribution in [1.82, 2.24) is 5.43 Å². The van der Waals surface area contributed by atoms with Gasteiger partial charge in [0.25, 0.3) is 11.6 Å². The lowest BCUT2D eigenvalue weighted by molar-refractivity contribution is -0.384. The first kappa shape index (κ1) is 21.5. The molecule has 3 aromatic rings. The van der Waals surface area contributed by atoms with Crippen LogP contribution in [0.3, 0.4) is 0 Å². The molecule has 0 saturated carbocycles. The van der Waals surface area contributed by atoms with E-state index in [9.17, 15) is 28.1 Å². The topological polar surface area (TPSA) is 93.8 Å². The molecule has 0 atom stereocenters. The highest BCUT2D eigenvalue weighted by Crippen LogP contribution is 2.30. The molecule has 0 spiro atoms. The number of carbonyl (C=O) groups is 1. The third-order valence-corrected chi connectivity index (χ3v) is 3.98. The Morgan fingerprint density at radius 3 is 2.45 bits per heavy atom. The molecule has 0 radical (unpaired) electrons. The van der Waals surface area contributed by atoms with Gasteiger partial charge < -0.3 is 4.74 Å². The van der Waals surface area contributed by atoms with Crippen molar-refractivity contribution >= 4 is 17.8 Å². The molecule has 0 saturated heterocycles. The van der Waals surface area contributed by atoms with Crippen LogP contribution in [-0.4, -0.2) is 17.0 Å². The molecule has 0 aliphatic heterocycles. The summed E-state index contributed by atoms with van der Waals surface area (Å²) in [5.74, 6) is -0.390. The molecule has 158 valence electrons. The minimum absolute atomic E-state index is 0.0450. The lowest BCUT2D eigenvalue weighted by Crippen LogP contribution is -2.18. The largest absolute Gasteiger partial charge is 0.457 e. The number of non-ortho nitro benzene ring substituents is 1. The third kappa shape index (κ3) is 5.66. The maximum Gasteiger partial charge on any atom is 0.416 e. The Kier molecular flexibility index (Phi) is 6.29. The first-order valence-electron chi connectivity index (χ1n) is 8.76. The van der Waals surface area contributed by atoms with Crippen LogP contribution in [0.1, 0.15) is 21.5 Å². The minimum atomic E-state index is -4.51. The summed E-state index contributed by atoms with van der Waals surface area (Å²) in [4.78, 5) is 22.9. The third-order valence-electron chi connectivity index (χ3n) is 3.98. The molecule has 0 fully saturated rings. The van der Waals surface area contributed by atoms with Crippen LogP contribution in [0.25, 0.3) is 0 Å². The average Bonchev–Trinajstić information content (AvgIpc) is 2.74. The summed E-state index contributed by atoms with van der Waals surface area (Å²) in [6.07, 6.45) is -3.48. The average molecular weight is 429 g/mol. The Bertz CT molecular complexity index is 1130. The number of hydrazone groups is 1.